The molecule has 1 aliphatic heterocycles. The van der Waals surface area contributed by atoms with Gasteiger partial charge in [0.15, 0.2) is 6.10 Å². The molecule has 1 aromatic carbocycles. The highest BCUT2D eigenvalue weighted by Gasteiger charge is 2.36. The maximum Gasteiger partial charge on any atom is 0.271 e. The summed E-state index contributed by atoms with van der Waals surface area (Å²) in [5.74, 6) is 0.232. The number of benzene rings is 1. The third kappa shape index (κ3) is 3.77. The molecule has 0 radical (unpaired) electrons. The van der Waals surface area contributed by atoms with Crippen LogP contribution in [0.15, 0.2) is 18.2 Å². The van der Waals surface area contributed by atoms with Gasteiger partial charge in [-0.05, 0) is 12.0 Å². The number of amides is 1. The fraction of sp³-hybridized carbons (Fsp3) is 0.533. The Labute approximate surface area is 134 Å². The topological polar surface area (TPSA) is 108 Å². The summed E-state index contributed by atoms with van der Waals surface area (Å²) >= 11 is 0. The van der Waals surface area contributed by atoms with Crippen LogP contribution in [0, 0.1) is 16.0 Å². The predicted molar refractivity (Wildman–Crippen MR) is 84.6 cm³/mol. The zero-order valence-corrected chi connectivity index (χ0v) is 13.2. The first kappa shape index (κ1) is 17.2. The number of anilines is 1. The first-order chi connectivity index (χ1) is 11.0. The van der Waals surface area contributed by atoms with Crippen LogP contribution in [0.25, 0.3) is 0 Å². The standard InChI is InChI=1S/C15H21N3O5/c1-10(2)14-15(19)17(6-8-22-7-5-16)12-9-11(18(20)21)3-4-13(12)23-14/h3-4,9-10,14H,5-8,16H2,1-2H3. The Morgan fingerprint density at radius 2 is 2.17 bits per heavy atom. The molecule has 0 bridgehead atoms. The first-order valence-corrected chi connectivity index (χ1v) is 7.50. The molecule has 0 aromatic heterocycles. The maximum atomic E-state index is 12.6. The summed E-state index contributed by atoms with van der Waals surface area (Å²) < 4.78 is 11.1. The highest BCUT2D eigenvalue weighted by molar-refractivity contribution is 6.00. The lowest BCUT2D eigenvalue weighted by atomic mass is 10.0. The van der Waals surface area contributed by atoms with Crippen molar-refractivity contribution in [1.29, 1.82) is 0 Å². The molecule has 2 N–H and O–H groups in total. The molecule has 0 saturated heterocycles. The summed E-state index contributed by atoms with van der Waals surface area (Å²) in [5, 5.41) is 11.0. The van der Waals surface area contributed by atoms with Gasteiger partial charge in [-0.2, -0.15) is 0 Å². The molecule has 0 spiro atoms. The Balaban J connectivity index is 2.30. The van der Waals surface area contributed by atoms with Crippen LogP contribution in [0.2, 0.25) is 0 Å². The molecule has 0 fully saturated rings. The number of hydrogen-bond donors (Lipinski definition) is 1. The van der Waals surface area contributed by atoms with Crippen LogP contribution in [0.1, 0.15) is 13.8 Å². The number of nitrogens with zero attached hydrogens (tertiary/aromatic N) is 2. The average Bonchev–Trinajstić information content (AvgIpc) is 2.51. The number of non-ortho nitro benzene ring substituents is 1. The Hall–Kier alpha value is -2.19. The van der Waals surface area contributed by atoms with Crippen LogP contribution in [0.3, 0.4) is 0 Å². The summed E-state index contributed by atoms with van der Waals surface area (Å²) in [7, 11) is 0. The lowest BCUT2D eigenvalue weighted by molar-refractivity contribution is -0.384. The lowest BCUT2D eigenvalue weighted by Crippen LogP contribution is -2.49. The number of carbonyl (C=O) groups excluding carboxylic acids is 1. The van der Waals surface area contributed by atoms with Crippen LogP contribution in [0.5, 0.6) is 5.75 Å². The van der Waals surface area contributed by atoms with Crippen LogP contribution in [-0.2, 0) is 9.53 Å². The molecule has 1 unspecified atom stereocenters. The normalized spacial score (nSPS) is 17.1. The van der Waals surface area contributed by atoms with Crippen LogP contribution in [0.4, 0.5) is 11.4 Å². The van der Waals surface area contributed by atoms with Crippen molar-refractivity contribution in [2.75, 3.05) is 31.2 Å². The predicted octanol–water partition coefficient (Wildman–Crippen LogP) is 1.32. The van der Waals surface area contributed by atoms with Crippen LogP contribution in [-0.4, -0.2) is 43.2 Å². The summed E-state index contributed by atoms with van der Waals surface area (Å²) in [6.45, 7) is 5.17. The van der Waals surface area contributed by atoms with E-state index in [-0.39, 0.29) is 17.5 Å². The van der Waals surface area contributed by atoms with Crippen LogP contribution >= 0.6 is 0 Å². The molecule has 1 atom stereocenters. The number of carbonyl (C=O) groups is 1. The van der Waals surface area contributed by atoms with Crippen molar-refractivity contribution in [3.8, 4) is 5.75 Å². The van der Waals surface area contributed by atoms with E-state index in [9.17, 15) is 14.9 Å². The molecule has 1 heterocycles. The van der Waals surface area contributed by atoms with Crippen molar-refractivity contribution in [3.63, 3.8) is 0 Å². The van der Waals surface area contributed by atoms with Gasteiger partial charge in [0.2, 0.25) is 0 Å². The van der Waals surface area contributed by atoms with E-state index in [0.29, 0.717) is 37.7 Å². The van der Waals surface area contributed by atoms with E-state index < -0.39 is 11.0 Å². The third-order valence-electron chi connectivity index (χ3n) is 3.53. The number of fused-ring (bicyclic) bond motifs is 1. The van der Waals surface area contributed by atoms with Crippen molar-refractivity contribution >= 4 is 17.3 Å². The monoisotopic (exact) mass is 323 g/mol. The fourth-order valence-corrected chi connectivity index (χ4v) is 2.38. The molecule has 1 aliphatic rings. The number of rotatable bonds is 7. The van der Waals surface area contributed by atoms with E-state index in [2.05, 4.69) is 0 Å². The Bertz CT molecular complexity index is 590. The van der Waals surface area contributed by atoms with E-state index in [1.54, 1.807) is 0 Å². The molecule has 126 valence electrons. The van der Waals surface area contributed by atoms with Crippen molar-refractivity contribution in [1.82, 2.24) is 0 Å². The van der Waals surface area contributed by atoms with Crippen molar-refractivity contribution < 1.29 is 19.2 Å². The van der Waals surface area contributed by atoms with Gasteiger partial charge in [-0.1, -0.05) is 13.8 Å². The first-order valence-electron chi connectivity index (χ1n) is 7.50. The molecule has 0 aliphatic carbocycles. The quantitative estimate of drug-likeness (QED) is 0.460. The number of nitro groups is 1. The second kappa shape index (κ2) is 7.38. The fourth-order valence-electron chi connectivity index (χ4n) is 2.38. The van der Waals surface area contributed by atoms with E-state index in [1.807, 2.05) is 13.8 Å². The minimum Gasteiger partial charge on any atom is -0.478 e. The Kier molecular flexibility index (Phi) is 5.51. The highest BCUT2D eigenvalue weighted by atomic mass is 16.6. The summed E-state index contributed by atoms with van der Waals surface area (Å²) in [5.41, 5.74) is 5.68. The molecule has 2 rings (SSSR count). The molecule has 8 nitrogen and oxygen atoms in total. The SMILES string of the molecule is CC(C)C1Oc2ccc([N+](=O)[O-])cc2N(CCOCCN)C1=O. The largest absolute Gasteiger partial charge is 0.478 e. The summed E-state index contributed by atoms with van der Waals surface area (Å²) in [6, 6.07) is 4.25. The van der Waals surface area contributed by atoms with Gasteiger partial charge in [-0.25, -0.2) is 0 Å². The van der Waals surface area contributed by atoms with E-state index in [0.717, 1.165) is 0 Å². The minimum absolute atomic E-state index is 0.0155. The second-order valence-corrected chi connectivity index (χ2v) is 5.58. The second-order valence-electron chi connectivity index (χ2n) is 5.58. The molecule has 23 heavy (non-hydrogen) atoms. The number of nitrogens with two attached hydrogens (primary N) is 1. The summed E-state index contributed by atoms with van der Waals surface area (Å²) in [6.07, 6.45) is -0.613. The maximum absolute atomic E-state index is 12.6. The van der Waals surface area contributed by atoms with Gasteiger partial charge in [0.25, 0.3) is 11.6 Å². The molecular weight excluding hydrogens is 302 g/mol. The lowest BCUT2D eigenvalue weighted by Gasteiger charge is -2.35. The third-order valence-corrected chi connectivity index (χ3v) is 3.53. The van der Waals surface area contributed by atoms with E-state index >= 15 is 0 Å². The summed E-state index contributed by atoms with van der Waals surface area (Å²) in [4.78, 5) is 24.6. The van der Waals surface area contributed by atoms with Crippen molar-refractivity contribution in [2.24, 2.45) is 11.7 Å². The molecule has 0 saturated carbocycles. The van der Waals surface area contributed by atoms with Gasteiger partial charge >= 0.3 is 0 Å². The Morgan fingerprint density at radius 1 is 1.43 bits per heavy atom. The number of nitro benzene ring substituents is 1. The minimum atomic E-state index is -0.613. The van der Waals surface area contributed by atoms with E-state index in [1.165, 1.54) is 23.1 Å². The van der Waals surface area contributed by atoms with Gasteiger partial charge in [0.05, 0.1) is 23.8 Å². The molecular formula is C15H21N3O5. The van der Waals surface area contributed by atoms with Crippen LogP contribution < -0.4 is 15.4 Å². The zero-order valence-electron chi connectivity index (χ0n) is 13.2. The molecule has 8 heteroatoms. The van der Waals surface area contributed by atoms with Crippen molar-refractivity contribution in [3.05, 3.63) is 28.3 Å². The van der Waals surface area contributed by atoms with Gasteiger partial charge in [0.1, 0.15) is 5.75 Å². The van der Waals surface area contributed by atoms with Crippen molar-refractivity contribution in [2.45, 2.75) is 20.0 Å². The van der Waals surface area contributed by atoms with E-state index in [4.69, 9.17) is 15.2 Å². The van der Waals surface area contributed by atoms with Gasteiger partial charge in [0, 0.05) is 25.2 Å². The van der Waals surface area contributed by atoms with Gasteiger partial charge < -0.3 is 20.1 Å². The molecule has 1 aromatic rings. The number of hydrogen-bond acceptors (Lipinski definition) is 6. The highest BCUT2D eigenvalue weighted by Crippen LogP contribution is 2.38. The average molecular weight is 323 g/mol. The Morgan fingerprint density at radius 3 is 2.78 bits per heavy atom. The zero-order chi connectivity index (χ0) is 17.0. The molecule has 1 amide bonds. The van der Waals surface area contributed by atoms with Gasteiger partial charge in [-0.15, -0.1) is 0 Å². The smallest absolute Gasteiger partial charge is 0.271 e. The number of ether oxygens (including phenoxy) is 2. The van der Waals surface area contributed by atoms with Gasteiger partial charge in [-0.3, -0.25) is 14.9 Å².